The number of benzene rings is 1. The van der Waals surface area contributed by atoms with E-state index in [-0.39, 0.29) is 0 Å². The maximum absolute atomic E-state index is 5.72. The summed E-state index contributed by atoms with van der Waals surface area (Å²) in [4.78, 5) is 9.05. The summed E-state index contributed by atoms with van der Waals surface area (Å²) in [6.07, 6.45) is 8.54. The molecule has 0 saturated carbocycles. The van der Waals surface area contributed by atoms with E-state index >= 15 is 0 Å². The summed E-state index contributed by atoms with van der Waals surface area (Å²) in [6.45, 7) is 3.96. The normalized spacial score (nSPS) is 17.6. The lowest BCUT2D eigenvalue weighted by Crippen LogP contribution is -2.33. The van der Waals surface area contributed by atoms with Crippen LogP contribution in [0.15, 0.2) is 49.1 Å². The van der Waals surface area contributed by atoms with E-state index in [9.17, 15) is 0 Å². The molecule has 0 spiro atoms. The van der Waals surface area contributed by atoms with Crippen molar-refractivity contribution in [3.8, 4) is 0 Å². The Morgan fingerprint density at radius 1 is 0.900 bits per heavy atom. The van der Waals surface area contributed by atoms with Crippen LogP contribution in [0.25, 0.3) is 0 Å². The van der Waals surface area contributed by atoms with E-state index in [1.54, 1.807) is 0 Å². The van der Waals surface area contributed by atoms with Crippen molar-refractivity contribution in [3.05, 3.63) is 49.1 Å². The summed E-state index contributed by atoms with van der Waals surface area (Å²) in [5, 5.41) is 0. The van der Waals surface area contributed by atoms with Gasteiger partial charge >= 0.3 is 0 Å². The lowest BCUT2D eigenvalue weighted by molar-refractivity contribution is 0.266. The standard InChI is InChI=1S/C15H21N5/c1-17-6-7-18(12-17)8-9-19-10-11-20(13-19)15-4-2-14(16)3-5-15/h2-7,10-11H,8-9,12-13,16H2,1H3. The first-order chi connectivity index (χ1) is 9.70. The molecule has 5 nitrogen and oxygen atoms in total. The highest BCUT2D eigenvalue weighted by Gasteiger charge is 2.15. The molecule has 0 fully saturated rings. The average molecular weight is 271 g/mol. The highest BCUT2D eigenvalue weighted by molar-refractivity contribution is 5.55. The van der Waals surface area contributed by atoms with Crippen LogP contribution in [0.1, 0.15) is 0 Å². The molecule has 2 heterocycles. The lowest BCUT2D eigenvalue weighted by atomic mass is 10.3. The number of nitrogen functional groups attached to an aromatic ring is 1. The molecular formula is C15H21N5. The van der Waals surface area contributed by atoms with Crippen molar-refractivity contribution >= 4 is 11.4 Å². The molecule has 0 atom stereocenters. The predicted molar refractivity (Wildman–Crippen MR) is 82.5 cm³/mol. The van der Waals surface area contributed by atoms with Gasteiger partial charge in [-0.3, -0.25) is 0 Å². The number of hydrogen-bond donors (Lipinski definition) is 1. The van der Waals surface area contributed by atoms with Crippen molar-refractivity contribution in [2.24, 2.45) is 0 Å². The van der Waals surface area contributed by atoms with Crippen molar-refractivity contribution in [1.82, 2.24) is 14.7 Å². The van der Waals surface area contributed by atoms with Gasteiger partial charge < -0.3 is 25.3 Å². The number of nitrogens with two attached hydrogens (primary N) is 1. The van der Waals surface area contributed by atoms with E-state index in [0.29, 0.717) is 0 Å². The third kappa shape index (κ3) is 2.82. The fraction of sp³-hybridized carbons (Fsp3) is 0.333. The third-order valence-corrected chi connectivity index (χ3v) is 3.63. The SMILES string of the molecule is CN1C=CN(CCN2C=CN(c3ccc(N)cc3)C2)C1. The van der Waals surface area contributed by atoms with Gasteiger partial charge in [-0.1, -0.05) is 0 Å². The summed E-state index contributed by atoms with van der Waals surface area (Å²) in [6, 6.07) is 8.00. The second-order valence-electron chi connectivity index (χ2n) is 5.32. The fourth-order valence-corrected chi connectivity index (χ4v) is 2.43. The van der Waals surface area contributed by atoms with Crippen molar-refractivity contribution in [3.63, 3.8) is 0 Å². The molecule has 106 valence electrons. The molecule has 0 unspecified atom stereocenters. The molecule has 2 N–H and O–H groups in total. The first-order valence-electron chi connectivity index (χ1n) is 6.88. The number of nitrogens with zero attached hydrogens (tertiary/aromatic N) is 4. The van der Waals surface area contributed by atoms with Crippen LogP contribution in [0.2, 0.25) is 0 Å². The lowest BCUT2D eigenvalue weighted by Gasteiger charge is -2.24. The first-order valence-corrected chi connectivity index (χ1v) is 6.88. The van der Waals surface area contributed by atoms with Gasteiger partial charge in [-0.05, 0) is 24.3 Å². The number of hydrogen-bond acceptors (Lipinski definition) is 5. The van der Waals surface area contributed by atoms with Crippen molar-refractivity contribution in [2.45, 2.75) is 0 Å². The zero-order valence-corrected chi connectivity index (χ0v) is 11.8. The second-order valence-corrected chi connectivity index (χ2v) is 5.32. The van der Waals surface area contributed by atoms with E-state index in [1.807, 2.05) is 12.1 Å². The maximum atomic E-state index is 5.72. The van der Waals surface area contributed by atoms with Crippen LogP contribution < -0.4 is 10.6 Å². The Balaban J connectivity index is 1.49. The van der Waals surface area contributed by atoms with Crippen LogP contribution in [0, 0.1) is 0 Å². The zero-order valence-electron chi connectivity index (χ0n) is 11.8. The van der Waals surface area contributed by atoms with Crippen LogP contribution in [-0.4, -0.2) is 48.2 Å². The monoisotopic (exact) mass is 271 g/mol. The smallest absolute Gasteiger partial charge is 0.0942 e. The van der Waals surface area contributed by atoms with Gasteiger partial charge in [-0.25, -0.2) is 0 Å². The Labute approximate surface area is 120 Å². The van der Waals surface area contributed by atoms with Gasteiger partial charge in [-0.15, -0.1) is 0 Å². The Hall–Kier alpha value is -2.30. The molecule has 0 aromatic heterocycles. The van der Waals surface area contributed by atoms with Crippen LogP contribution >= 0.6 is 0 Å². The highest BCUT2D eigenvalue weighted by Crippen LogP contribution is 2.20. The van der Waals surface area contributed by atoms with Gasteiger partial charge in [0.15, 0.2) is 0 Å². The molecule has 3 rings (SSSR count). The maximum Gasteiger partial charge on any atom is 0.0942 e. The minimum absolute atomic E-state index is 0.804. The molecule has 1 aromatic rings. The quantitative estimate of drug-likeness (QED) is 0.840. The fourth-order valence-electron chi connectivity index (χ4n) is 2.43. The molecule has 0 saturated heterocycles. The molecular weight excluding hydrogens is 250 g/mol. The molecule has 2 aliphatic heterocycles. The van der Waals surface area contributed by atoms with Crippen LogP contribution in [-0.2, 0) is 0 Å². The minimum Gasteiger partial charge on any atom is -0.399 e. The van der Waals surface area contributed by atoms with Crippen molar-refractivity contribution < 1.29 is 0 Å². The van der Waals surface area contributed by atoms with Gasteiger partial charge in [-0.2, -0.15) is 0 Å². The van der Waals surface area contributed by atoms with Gasteiger partial charge in [0.05, 0.1) is 13.3 Å². The predicted octanol–water partition coefficient (Wildman–Crippen LogP) is 1.50. The largest absolute Gasteiger partial charge is 0.399 e. The molecule has 0 bridgehead atoms. The Morgan fingerprint density at radius 2 is 1.55 bits per heavy atom. The van der Waals surface area contributed by atoms with E-state index in [2.05, 4.69) is 63.6 Å². The van der Waals surface area contributed by atoms with E-state index in [4.69, 9.17) is 5.73 Å². The Bertz CT molecular complexity index is 508. The molecule has 20 heavy (non-hydrogen) atoms. The van der Waals surface area contributed by atoms with Gasteiger partial charge in [0.2, 0.25) is 0 Å². The number of anilines is 2. The molecule has 0 radical (unpaired) electrons. The molecule has 1 aromatic carbocycles. The van der Waals surface area contributed by atoms with Crippen molar-refractivity contribution in [2.75, 3.05) is 44.1 Å². The van der Waals surface area contributed by atoms with Gasteiger partial charge in [0.1, 0.15) is 0 Å². The molecule has 5 heteroatoms. The van der Waals surface area contributed by atoms with E-state index < -0.39 is 0 Å². The summed E-state index contributed by atoms with van der Waals surface area (Å²) in [5.41, 5.74) is 7.70. The van der Waals surface area contributed by atoms with Gasteiger partial charge in [0, 0.05) is 56.3 Å². The summed E-state index contributed by atoms with van der Waals surface area (Å²) < 4.78 is 0. The molecule has 2 aliphatic rings. The van der Waals surface area contributed by atoms with E-state index in [0.717, 1.165) is 32.1 Å². The first kappa shape index (κ1) is 12.7. The summed E-state index contributed by atoms with van der Waals surface area (Å²) >= 11 is 0. The summed E-state index contributed by atoms with van der Waals surface area (Å²) in [5.74, 6) is 0. The van der Waals surface area contributed by atoms with Crippen LogP contribution in [0.5, 0.6) is 0 Å². The highest BCUT2D eigenvalue weighted by atomic mass is 15.4. The topological polar surface area (TPSA) is 39.0 Å². The third-order valence-electron chi connectivity index (χ3n) is 3.63. The van der Waals surface area contributed by atoms with Crippen LogP contribution in [0.4, 0.5) is 11.4 Å². The molecule has 0 aliphatic carbocycles. The second kappa shape index (κ2) is 5.36. The Kier molecular flexibility index (Phi) is 3.41. The minimum atomic E-state index is 0.804. The summed E-state index contributed by atoms with van der Waals surface area (Å²) in [7, 11) is 2.09. The number of rotatable bonds is 4. The molecule has 0 amide bonds. The van der Waals surface area contributed by atoms with Crippen LogP contribution in [0.3, 0.4) is 0 Å². The van der Waals surface area contributed by atoms with Gasteiger partial charge in [0.25, 0.3) is 0 Å². The van der Waals surface area contributed by atoms with E-state index in [1.165, 1.54) is 5.69 Å². The Morgan fingerprint density at radius 3 is 2.20 bits per heavy atom. The van der Waals surface area contributed by atoms with Crippen molar-refractivity contribution in [1.29, 1.82) is 0 Å². The average Bonchev–Trinajstić information content (AvgIpc) is 3.06. The zero-order chi connectivity index (χ0) is 13.9.